The predicted molar refractivity (Wildman–Crippen MR) is 86.5 cm³/mol. The van der Waals surface area contributed by atoms with Crippen LogP contribution >= 0.6 is 0 Å². The van der Waals surface area contributed by atoms with Crippen molar-refractivity contribution in [2.75, 3.05) is 32.4 Å². The lowest BCUT2D eigenvalue weighted by molar-refractivity contribution is 0.0698. The molecule has 0 N–H and O–H groups in total. The molecule has 2 heterocycles. The van der Waals surface area contributed by atoms with E-state index in [1.807, 2.05) is 24.3 Å². The summed E-state index contributed by atoms with van der Waals surface area (Å²) in [7, 11) is -3.19. The van der Waals surface area contributed by atoms with Crippen molar-refractivity contribution in [2.24, 2.45) is 0 Å². The topological polar surface area (TPSA) is 70.8 Å². The maximum Gasteiger partial charge on any atom is 0.253 e. The fraction of sp³-hybridized carbons (Fsp3) is 0.312. The van der Waals surface area contributed by atoms with Crippen LogP contribution in [0.15, 0.2) is 47.1 Å². The Hall–Kier alpha value is -2.12. The lowest BCUT2D eigenvalue weighted by Gasteiger charge is -2.33. The van der Waals surface area contributed by atoms with Crippen molar-refractivity contribution >= 4 is 15.9 Å². The van der Waals surface area contributed by atoms with E-state index in [0.717, 1.165) is 11.3 Å². The summed E-state index contributed by atoms with van der Waals surface area (Å²) in [6.07, 6.45) is 2.80. The number of piperazine rings is 1. The molecule has 0 atom stereocenters. The molecule has 1 aromatic heterocycles. The van der Waals surface area contributed by atoms with Crippen molar-refractivity contribution in [3.05, 3.63) is 48.2 Å². The lowest BCUT2D eigenvalue weighted by Crippen LogP contribution is -2.50. The first-order valence-electron chi connectivity index (χ1n) is 7.33. The number of amides is 1. The summed E-state index contributed by atoms with van der Waals surface area (Å²) in [5.41, 5.74) is 1.50. The minimum atomic E-state index is -3.19. The molecular weight excluding hydrogens is 316 g/mol. The van der Waals surface area contributed by atoms with Crippen LogP contribution in [-0.2, 0) is 10.0 Å². The Kier molecular flexibility index (Phi) is 4.23. The van der Waals surface area contributed by atoms with Gasteiger partial charge in [0.05, 0.1) is 12.5 Å². The molecule has 1 aliphatic heterocycles. The highest BCUT2D eigenvalue weighted by Gasteiger charge is 2.26. The molecule has 0 saturated carbocycles. The average Bonchev–Trinajstić information content (AvgIpc) is 3.08. The van der Waals surface area contributed by atoms with Gasteiger partial charge < -0.3 is 9.32 Å². The molecule has 1 aliphatic rings. The van der Waals surface area contributed by atoms with Gasteiger partial charge in [-0.15, -0.1) is 0 Å². The Labute approximate surface area is 135 Å². The van der Waals surface area contributed by atoms with Gasteiger partial charge in [-0.1, -0.05) is 12.1 Å². The monoisotopic (exact) mass is 334 g/mol. The van der Waals surface area contributed by atoms with E-state index in [2.05, 4.69) is 0 Å². The van der Waals surface area contributed by atoms with E-state index < -0.39 is 10.0 Å². The minimum Gasteiger partial charge on any atom is -0.464 e. The number of rotatable bonds is 3. The quantitative estimate of drug-likeness (QED) is 0.856. The summed E-state index contributed by atoms with van der Waals surface area (Å²) in [5.74, 6) is 0.676. The Bertz CT molecular complexity index is 774. The first-order valence-corrected chi connectivity index (χ1v) is 9.18. The minimum absolute atomic E-state index is 0.0795. The third kappa shape index (κ3) is 3.46. The van der Waals surface area contributed by atoms with E-state index in [9.17, 15) is 13.2 Å². The molecule has 6 nitrogen and oxygen atoms in total. The fourth-order valence-corrected chi connectivity index (χ4v) is 3.45. The zero-order valence-electron chi connectivity index (χ0n) is 12.8. The molecule has 3 rings (SSSR count). The molecule has 0 spiro atoms. The van der Waals surface area contributed by atoms with Crippen molar-refractivity contribution in [3.8, 4) is 11.3 Å². The second-order valence-corrected chi connectivity index (χ2v) is 7.49. The Morgan fingerprint density at radius 3 is 2.22 bits per heavy atom. The van der Waals surface area contributed by atoms with Crippen LogP contribution in [0.3, 0.4) is 0 Å². The summed E-state index contributed by atoms with van der Waals surface area (Å²) < 4.78 is 29.7. The van der Waals surface area contributed by atoms with E-state index in [-0.39, 0.29) is 5.91 Å². The van der Waals surface area contributed by atoms with Crippen molar-refractivity contribution < 1.29 is 17.6 Å². The highest BCUT2D eigenvalue weighted by Crippen LogP contribution is 2.21. The van der Waals surface area contributed by atoms with Crippen molar-refractivity contribution in [2.45, 2.75) is 0 Å². The van der Waals surface area contributed by atoms with Gasteiger partial charge in [0, 0.05) is 37.3 Å². The first kappa shape index (κ1) is 15.8. The third-order valence-corrected chi connectivity index (χ3v) is 5.24. The zero-order valence-corrected chi connectivity index (χ0v) is 13.6. The molecule has 1 aromatic carbocycles. The van der Waals surface area contributed by atoms with E-state index in [1.165, 1.54) is 10.6 Å². The van der Waals surface area contributed by atoms with E-state index in [0.29, 0.717) is 31.7 Å². The Balaban J connectivity index is 1.67. The number of carbonyl (C=O) groups excluding carboxylic acids is 1. The molecule has 2 aromatic rings. The molecule has 0 radical (unpaired) electrons. The van der Waals surface area contributed by atoms with Crippen molar-refractivity contribution in [1.29, 1.82) is 0 Å². The summed E-state index contributed by atoms with van der Waals surface area (Å²) in [4.78, 5) is 14.2. The van der Waals surface area contributed by atoms with Crippen LogP contribution in [0.4, 0.5) is 0 Å². The van der Waals surface area contributed by atoms with Crippen LogP contribution in [0.2, 0.25) is 0 Å². The smallest absolute Gasteiger partial charge is 0.253 e. The van der Waals surface area contributed by atoms with Crippen LogP contribution in [0.25, 0.3) is 11.3 Å². The van der Waals surface area contributed by atoms with Crippen LogP contribution in [0, 0.1) is 0 Å². The average molecular weight is 334 g/mol. The number of hydrogen-bond acceptors (Lipinski definition) is 4. The van der Waals surface area contributed by atoms with Crippen LogP contribution < -0.4 is 0 Å². The van der Waals surface area contributed by atoms with Crippen molar-refractivity contribution in [1.82, 2.24) is 9.21 Å². The van der Waals surface area contributed by atoms with Gasteiger partial charge in [0.25, 0.3) is 5.91 Å². The molecule has 0 unspecified atom stereocenters. The maximum absolute atomic E-state index is 12.5. The standard InChI is InChI=1S/C16H18N2O4S/c1-23(20,21)18-10-8-17(9-11-18)16(19)14-6-4-13(5-7-14)15-3-2-12-22-15/h2-7,12H,8-11H2,1H3. The molecule has 23 heavy (non-hydrogen) atoms. The number of sulfonamides is 1. The molecule has 7 heteroatoms. The number of hydrogen-bond donors (Lipinski definition) is 0. The van der Waals surface area contributed by atoms with Crippen LogP contribution in [0.1, 0.15) is 10.4 Å². The molecular formula is C16H18N2O4S. The number of nitrogens with zero attached hydrogens (tertiary/aromatic N) is 2. The molecule has 0 bridgehead atoms. The van der Waals surface area contributed by atoms with Gasteiger partial charge in [-0.3, -0.25) is 4.79 Å². The van der Waals surface area contributed by atoms with Crippen LogP contribution in [-0.4, -0.2) is 56.0 Å². The van der Waals surface area contributed by atoms with Gasteiger partial charge in [-0.2, -0.15) is 4.31 Å². The number of furan rings is 1. The van der Waals surface area contributed by atoms with E-state index >= 15 is 0 Å². The molecule has 0 aliphatic carbocycles. The molecule has 1 fully saturated rings. The summed E-state index contributed by atoms with van der Waals surface area (Å²) in [6.45, 7) is 1.50. The van der Waals surface area contributed by atoms with Crippen molar-refractivity contribution in [3.63, 3.8) is 0 Å². The SMILES string of the molecule is CS(=O)(=O)N1CCN(C(=O)c2ccc(-c3ccco3)cc2)CC1. The summed E-state index contributed by atoms with van der Waals surface area (Å²) in [5, 5.41) is 0. The van der Waals surface area contributed by atoms with Gasteiger partial charge in [0.2, 0.25) is 10.0 Å². The zero-order chi connectivity index (χ0) is 16.4. The fourth-order valence-electron chi connectivity index (χ4n) is 2.63. The lowest BCUT2D eigenvalue weighted by atomic mass is 10.1. The maximum atomic E-state index is 12.5. The van der Waals surface area contributed by atoms with Gasteiger partial charge >= 0.3 is 0 Å². The van der Waals surface area contributed by atoms with Crippen LogP contribution in [0.5, 0.6) is 0 Å². The van der Waals surface area contributed by atoms with E-state index in [1.54, 1.807) is 23.3 Å². The normalized spacial score (nSPS) is 16.5. The largest absolute Gasteiger partial charge is 0.464 e. The second-order valence-electron chi connectivity index (χ2n) is 5.51. The Morgan fingerprint density at radius 2 is 1.70 bits per heavy atom. The van der Waals surface area contributed by atoms with Gasteiger partial charge in [0.1, 0.15) is 5.76 Å². The van der Waals surface area contributed by atoms with Gasteiger partial charge in [-0.25, -0.2) is 8.42 Å². The second kappa shape index (κ2) is 6.17. The van der Waals surface area contributed by atoms with E-state index in [4.69, 9.17) is 4.42 Å². The first-order chi connectivity index (χ1) is 10.9. The molecule has 1 amide bonds. The highest BCUT2D eigenvalue weighted by atomic mass is 32.2. The summed E-state index contributed by atoms with van der Waals surface area (Å²) >= 11 is 0. The van der Waals surface area contributed by atoms with Gasteiger partial charge in [0.15, 0.2) is 0 Å². The third-order valence-electron chi connectivity index (χ3n) is 3.93. The van der Waals surface area contributed by atoms with Gasteiger partial charge in [-0.05, 0) is 24.3 Å². The number of benzene rings is 1. The summed E-state index contributed by atoms with van der Waals surface area (Å²) in [6, 6.07) is 10.9. The molecule has 1 saturated heterocycles. The Morgan fingerprint density at radius 1 is 1.04 bits per heavy atom. The number of carbonyl (C=O) groups is 1. The predicted octanol–water partition coefficient (Wildman–Crippen LogP) is 1.66. The molecule has 122 valence electrons. The highest BCUT2D eigenvalue weighted by molar-refractivity contribution is 7.88.